The summed E-state index contributed by atoms with van der Waals surface area (Å²) in [5.41, 5.74) is 3.11. The van der Waals surface area contributed by atoms with Gasteiger partial charge in [-0.05, 0) is 30.7 Å². The van der Waals surface area contributed by atoms with Gasteiger partial charge >= 0.3 is 5.97 Å². The molecule has 1 aliphatic heterocycles. The van der Waals surface area contributed by atoms with Crippen molar-refractivity contribution in [3.8, 4) is 0 Å². The monoisotopic (exact) mass is 205 g/mol. The third kappa shape index (κ3) is 1.88. The molecule has 3 nitrogen and oxygen atoms in total. The Morgan fingerprint density at radius 3 is 3.00 bits per heavy atom. The van der Waals surface area contributed by atoms with Crippen molar-refractivity contribution in [2.24, 2.45) is 0 Å². The molecule has 0 unspecified atom stereocenters. The Labute approximate surface area is 89.7 Å². The van der Waals surface area contributed by atoms with Crippen LogP contribution in [-0.2, 0) is 17.7 Å². The van der Waals surface area contributed by atoms with Gasteiger partial charge in [-0.15, -0.1) is 0 Å². The van der Waals surface area contributed by atoms with Crippen molar-refractivity contribution in [2.75, 3.05) is 20.7 Å². The summed E-state index contributed by atoms with van der Waals surface area (Å²) in [7, 11) is 3.49. The minimum absolute atomic E-state index is 0.234. The zero-order valence-corrected chi connectivity index (χ0v) is 9.12. The van der Waals surface area contributed by atoms with Crippen molar-refractivity contribution in [2.45, 2.75) is 13.0 Å². The van der Waals surface area contributed by atoms with Gasteiger partial charge in [0.05, 0.1) is 12.7 Å². The van der Waals surface area contributed by atoms with E-state index in [-0.39, 0.29) is 5.97 Å². The van der Waals surface area contributed by atoms with Gasteiger partial charge in [0.15, 0.2) is 0 Å². The zero-order chi connectivity index (χ0) is 10.8. The lowest BCUT2D eigenvalue weighted by Gasteiger charge is -2.26. The first-order valence-electron chi connectivity index (χ1n) is 5.10. The molecule has 0 saturated carbocycles. The van der Waals surface area contributed by atoms with Crippen molar-refractivity contribution in [1.29, 1.82) is 0 Å². The zero-order valence-electron chi connectivity index (χ0n) is 9.12. The normalized spacial score (nSPS) is 15.9. The van der Waals surface area contributed by atoms with Crippen LogP contribution in [-0.4, -0.2) is 31.6 Å². The molecule has 15 heavy (non-hydrogen) atoms. The molecule has 0 fully saturated rings. The van der Waals surface area contributed by atoms with Crippen LogP contribution in [0.25, 0.3) is 0 Å². The molecule has 1 aromatic rings. The van der Waals surface area contributed by atoms with Crippen molar-refractivity contribution >= 4 is 5.97 Å². The number of likely N-dealkylation sites (N-methyl/N-ethyl adjacent to an activating group) is 1. The topological polar surface area (TPSA) is 29.5 Å². The Morgan fingerprint density at radius 1 is 1.47 bits per heavy atom. The van der Waals surface area contributed by atoms with Gasteiger partial charge in [-0.3, -0.25) is 0 Å². The maximum Gasteiger partial charge on any atom is 0.338 e. The van der Waals surface area contributed by atoms with Crippen LogP contribution in [0, 0.1) is 0 Å². The average Bonchev–Trinajstić information content (AvgIpc) is 2.27. The lowest BCUT2D eigenvalue weighted by molar-refractivity contribution is 0.0598. The van der Waals surface area contributed by atoms with Crippen LogP contribution >= 0.6 is 0 Å². The summed E-state index contributed by atoms with van der Waals surface area (Å²) in [6, 6.07) is 5.86. The largest absolute Gasteiger partial charge is 0.465 e. The smallest absolute Gasteiger partial charge is 0.338 e. The predicted molar refractivity (Wildman–Crippen MR) is 57.8 cm³/mol. The summed E-state index contributed by atoms with van der Waals surface area (Å²) in [6.45, 7) is 1.89. The molecule has 0 amide bonds. The van der Waals surface area contributed by atoms with E-state index in [9.17, 15) is 4.79 Å². The van der Waals surface area contributed by atoms with Gasteiger partial charge in [0, 0.05) is 13.1 Å². The van der Waals surface area contributed by atoms with Crippen molar-refractivity contribution in [1.82, 2.24) is 4.90 Å². The van der Waals surface area contributed by atoms with E-state index in [1.807, 2.05) is 12.1 Å². The molecule has 0 atom stereocenters. The first-order chi connectivity index (χ1) is 7.22. The number of carbonyl (C=O) groups excluding carboxylic acids is 1. The fourth-order valence-corrected chi connectivity index (χ4v) is 2.02. The second kappa shape index (κ2) is 4.03. The number of rotatable bonds is 1. The van der Waals surface area contributed by atoms with E-state index in [2.05, 4.69) is 18.0 Å². The number of ether oxygens (including phenoxy) is 1. The predicted octanol–water partition coefficient (Wildman–Crippen LogP) is 1.46. The Kier molecular flexibility index (Phi) is 2.73. The molecular formula is C12H15NO2. The molecule has 0 aromatic heterocycles. The maximum absolute atomic E-state index is 11.6. The minimum Gasteiger partial charge on any atom is -0.465 e. The molecule has 0 saturated heterocycles. The van der Waals surface area contributed by atoms with E-state index in [1.54, 1.807) is 0 Å². The molecule has 1 aromatic carbocycles. The van der Waals surface area contributed by atoms with Crippen LogP contribution in [0.4, 0.5) is 0 Å². The molecule has 0 N–H and O–H groups in total. The molecular weight excluding hydrogens is 190 g/mol. The Bertz CT molecular complexity index is 387. The van der Waals surface area contributed by atoms with E-state index in [0.29, 0.717) is 5.56 Å². The summed E-state index contributed by atoms with van der Waals surface area (Å²) < 4.78 is 4.78. The van der Waals surface area contributed by atoms with E-state index in [1.165, 1.54) is 12.7 Å². The van der Waals surface area contributed by atoms with Crippen molar-refractivity contribution in [3.63, 3.8) is 0 Å². The Morgan fingerprint density at radius 2 is 2.27 bits per heavy atom. The number of benzene rings is 1. The van der Waals surface area contributed by atoms with E-state index >= 15 is 0 Å². The molecule has 1 aliphatic rings. The number of methoxy groups -OCH3 is 1. The summed E-state index contributed by atoms with van der Waals surface area (Å²) in [4.78, 5) is 13.8. The second-order valence-corrected chi connectivity index (χ2v) is 3.92. The highest BCUT2D eigenvalue weighted by Crippen LogP contribution is 2.22. The summed E-state index contributed by atoms with van der Waals surface area (Å²) >= 11 is 0. The Hall–Kier alpha value is -1.35. The van der Waals surface area contributed by atoms with Crippen molar-refractivity contribution < 1.29 is 9.53 Å². The number of carbonyl (C=O) groups is 1. The third-order valence-electron chi connectivity index (χ3n) is 2.87. The van der Waals surface area contributed by atoms with E-state index < -0.39 is 0 Å². The highest BCUT2D eigenvalue weighted by Gasteiger charge is 2.19. The molecule has 3 heteroatoms. The van der Waals surface area contributed by atoms with Gasteiger partial charge in [-0.2, -0.15) is 0 Å². The summed E-state index contributed by atoms with van der Waals surface area (Å²) in [5.74, 6) is -0.234. The third-order valence-corrected chi connectivity index (χ3v) is 2.87. The van der Waals surface area contributed by atoms with Crippen LogP contribution < -0.4 is 0 Å². The van der Waals surface area contributed by atoms with Crippen LogP contribution in [0.5, 0.6) is 0 Å². The van der Waals surface area contributed by atoms with Gasteiger partial charge in [0.2, 0.25) is 0 Å². The standard InChI is InChI=1S/C12H15NO2/c1-13-7-6-9-4-3-5-10(11(9)8-13)12(14)15-2/h3-5H,6-8H2,1-2H3. The SMILES string of the molecule is COC(=O)c1cccc2c1CN(C)CC2. The molecule has 0 spiro atoms. The van der Waals surface area contributed by atoms with E-state index in [4.69, 9.17) is 4.74 Å². The van der Waals surface area contributed by atoms with Crippen LogP contribution in [0.3, 0.4) is 0 Å². The van der Waals surface area contributed by atoms with Gasteiger partial charge in [0.1, 0.15) is 0 Å². The van der Waals surface area contributed by atoms with Crippen LogP contribution in [0.15, 0.2) is 18.2 Å². The maximum atomic E-state index is 11.6. The number of fused-ring (bicyclic) bond motifs is 1. The highest BCUT2D eigenvalue weighted by molar-refractivity contribution is 5.91. The summed E-state index contributed by atoms with van der Waals surface area (Å²) in [5, 5.41) is 0. The molecule has 1 heterocycles. The van der Waals surface area contributed by atoms with Gasteiger partial charge in [-0.1, -0.05) is 12.1 Å². The number of nitrogens with zero attached hydrogens (tertiary/aromatic N) is 1. The highest BCUT2D eigenvalue weighted by atomic mass is 16.5. The van der Waals surface area contributed by atoms with Gasteiger partial charge in [-0.25, -0.2) is 4.79 Å². The number of hydrogen-bond donors (Lipinski definition) is 0. The molecule has 80 valence electrons. The van der Waals surface area contributed by atoms with Crippen molar-refractivity contribution in [3.05, 3.63) is 34.9 Å². The Balaban J connectivity index is 2.44. The number of esters is 1. The lowest BCUT2D eigenvalue weighted by atomic mass is 9.95. The summed E-state index contributed by atoms with van der Waals surface area (Å²) in [6.07, 6.45) is 1.01. The number of hydrogen-bond acceptors (Lipinski definition) is 3. The van der Waals surface area contributed by atoms with Gasteiger partial charge < -0.3 is 9.64 Å². The fraction of sp³-hybridized carbons (Fsp3) is 0.417. The van der Waals surface area contributed by atoms with E-state index in [0.717, 1.165) is 25.1 Å². The lowest BCUT2D eigenvalue weighted by Crippen LogP contribution is -2.28. The molecule has 0 radical (unpaired) electrons. The first-order valence-corrected chi connectivity index (χ1v) is 5.10. The molecule has 0 aliphatic carbocycles. The fourth-order valence-electron chi connectivity index (χ4n) is 2.02. The minimum atomic E-state index is -0.234. The first kappa shape index (κ1) is 10.2. The van der Waals surface area contributed by atoms with Gasteiger partial charge in [0.25, 0.3) is 0 Å². The van der Waals surface area contributed by atoms with Crippen LogP contribution in [0.1, 0.15) is 21.5 Å². The second-order valence-electron chi connectivity index (χ2n) is 3.92. The average molecular weight is 205 g/mol. The molecule has 0 bridgehead atoms. The van der Waals surface area contributed by atoms with Crippen LogP contribution in [0.2, 0.25) is 0 Å². The molecule has 2 rings (SSSR count). The quantitative estimate of drug-likeness (QED) is 0.650.